The van der Waals surface area contributed by atoms with E-state index in [9.17, 15) is 9.90 Å². The van der Waals surface area contributed by atoms with Gasteiger partial charge in [-0.05, 0) is 35.4 Å². The third-order valence-electron chi connectivity index (χ3n) is 5.51. The molecule has 3 aromatic rings. The molecule has 30 heavy (non-hydrogen) atoms. The second kappa shape index (κ2) is 8.94. The van der Waals surface area contributed by atoms with Crippen molar-refractivity contribution in [1.29, 1.82) is 0 Å². The van der Waals surface area contributed by atoms with Crippen LogP contribution in [0.25, 0.3) is 10.8 Å². The minimum Gasteiger partial charge on any atom is -0.503 e. The van der Waals surface area contributed by atoms with Crippen molar-refractivity contribution in [2.45, 2.75) is 13.5 Å². The molecule has 0 spiro atoms. The summed E-state index contributed by atoms with van der Waals surface area (Å²) in [6, 6.07) is 17.9. The first-order valence-electron chi connectivity index (χ1n) is 10.2. The number of ether oxygens (including phenoxy) is 1. The predicted octanol–water partition coefficient (Wildman–Crippen LogP) is 4.56. The van der Waals surface area contributed by atoms with Gasteiger partial charge in [-0.3, -0.25) is 9.69 Å². The first-order chi connectivity index (χ1) is 14.6. The molecule has 1 amide bonds. The summed E-state index contributed by atoms with van der Waals surface area (Å²) < 4.78 is 5.40. The zero-order valence-electron chi connectivity index (χ0n) is 17.0. The number of aromatic hydroxyl groups is 1. The Morgan fingerprint density at radius 2 is 1.80 bits per heavy atom. The van der Waals surface area contributed by atoms with Crippen LogP contribution in [0.3, 0.4) is 0 Å². The lowest BCUT2D eigenvalue weighted by molar-refractivity contribution is 0.0628. The fourth-order valence-electron chi connectivity index (χ4n) is 3.93. The van der Waals surface area contributed by atoms with Gasteiger partial charge in [-0.25, -0.2) is 0 Å². The van der Waals surface area contributed by atoms with Crippen LogP contribution in [-0.4, -0.2) is 53.6 Å². The molecule has 6 heteroatoms. The number of rotatable bonds is 5. The van der Waals surface area contributed by atoms with Gasteiger partial charge < -0.3 is 14.7 Å². The number of phenols is 1. The van der Waals surface area contributed by atoms with Gasteiger partial charge in [-0.15, -0.1) is 0 Å². The van der Waals surface area contributed by atoms with Gasteiger partial charge >= 0.3 is 0 Å². The number of nitrogens with zero attached hydrogens (tertiary/aromatic N) is 2. The lowest BCUT2D eigenvalue weighted by Gasteiger charge is -2.35. The largest absolute Gasteiger partial charge is 0.503 e. The summed E-state index contributed by atoms with van der Waals surface area (Å²) in [4.78, 5) is 17.2. The summed E-state index contributed by atoms with van der Waals surface area (Å²) in [5, 5.41) is 12.7. The maximum Gasteiger partial charge on any atom is 0.254 e. The molecule has 0 atom stereocenters. The first-order valence-corrected chi connectivity index (χ1v) is 10.6. The van der Waals surface area contributed by atoms with Gasteiger partial charge in [0.2, 0.25) is 0 Å². The van der Waals surface area contributed by atoms with E-state index in [-0.39, 0.29) is 22.4 Å². The van der Waals surface area contributed by atoms with E-state index in [0.717, 1.165) is 19.6 Å². The van der Waals surface area contributed by atoms with Gasteiger partial charge in [0.1, 0.15) is 0 Å². The van der Waals surface area contributed by atoms with E-state index in [1.54, 1.807) is 6.07 Å². The second-order valence-electron chi connectivity index (χ2n) is 7.44. The topological polar surface area (TPSA) is 53.0 Å². The van der Waals surface area contributed by atoms with Crippen LogP contribution in [0.15, 0.2) is 54.6 Å². The Kier molecular flexibility index (Phi) is 6.11. The van der Waals surface area contributed by atoms with Crippen molar-refractivity contribution >= 4 is 28.3 Å². The molecule has 5 nitrogen and oxygen atoms in total. The van der Waals surface area contributed by atoms with Gasteiger partial charge in [0.25, 0.3) is 5.91 Å². The minimum absolute atomic E-state index is 0.0948. The van der Waals surface area contributed by atoms with Crippen molar-refractivity contribution in [2.24, 2.45) is 0 Å². The molecule has 1 N–H and O–H groups in total. The fourth-order valence-corrected chi connectivity index (χ4v) is 4.14. The van der Waals surface area contributed by atoms with Gasteiger partial charge in [-0.2, -0.15) is 0 Å². The quantitative estimate of drug-likeness (QED) is 0.652. The highest BCUT2D eigenvalue weighted by molar-refractivity contribution is 6.32. The number of fused-ring (bicyclic) bond motifs is 1. The van der Waals surface area contributed by atoms with Crippen molar-refractivity contribution < 1.29 is 14.6 Å². The van der Waals surface area contributed by atoms with E-state index in [4.69, 9.17) is 16.3 Å². The summed E-state index contributed by atoms with van der Waals surface area (Å²) in [5.74, 6) is 0.0144. The Balaban J connectivity index is 1.42. The molecule has 0 aromatic heterocycles. The Bertz CT molecular complexity index is 1060. The molecule has 1 aliphatic heterocycles. The summed E-state index contributed by atoms with van der Waals surface area (Å²) in [6.45, 7) is 5.96. The Labute approximate surface area is 181 Å². The number of hydrogen-bond acceptors (Lipinski definition) is 4. The van der Waals surface area contributed by atoms with Crippen LogP contribution in [0.4, 0.5) is 0 Å². The van der Waals surface area contributed by atoms with Gasteiger partial charge in [0, 0.05) is 38.3 Å². The van der Waals surface area contributed by atoms with Crippen molar-refractivity contribution in [3.63, 3.8) is 0 Å². The number of amides is 1. The van der Waals surface area contributed by atoms with Crippen LogP contribution in [-0.2, 0) is 6.54 Å². The van der Waals surface area contributed by atoms with Gasteiger partial charge in [0.05, 0.1) is 11.6 Å². The smallest absolute Gasteiger partial charge is 0.254 e. The fraction of sp³-hybridized carbons (Fsp3) is 0.292. The van der Waals surface area contributed by atoms with Crippen molar-refractivity contribution in [3.05, 3.63) is 70.7 Å². The molecule has 0 aliphatic carbocycles. The molecule has 0 bridgehead atoms. The highest BCUT2D eigenvalue weighted by Crippen LogP contribution is 2.35. The minimum atomic E-state index is -0.130. The number of phenolic OH excluding ortho intramolecular Hbond substituents is 1. The van der Waals surface area contributed by atoms with E-state index in [1.807, 2.05) is 11.8 Å². The van der Waals surface area contributed by atoms with Crippen molar-refractivity contribution in [1.82, 2.24) is 9.80 Å². The maximum atomic E-state index is 13.0. The number of benzene rings is 3. The number of hydrogen-bond donors (Lipinski definition) is 1. The van der Waals surface area contributed by atoms with Gasteiger partial charge in [0.15, 0.2) is 11.5 Å². The molecular formula is C24H25ClN2O3. The van der Waals surface area contributed by atoms with Crippen molar-refractivity contribution in [3.8, 4) is 11.5 Å². The van der Waals surface area contributed by atoms with Crippen LogP contribution in [0.5, 0.6) is 11.5 Å². The first kappa shape index (κ1) is 20.5. The molecule has 1 fully saturated rings. The monoisotopic (exact) mass is 424 g/mol. The number of halogens is 1. The maximum absolute atomic E-state index is 13.0. The third-order valence-corrected chi connectivity index (χ3v) is 5.80. The van der Waals surface area contributed by atoms with Crippen LogP contribution in [0.1, 0.15) is 22.8 Å². The molecule has 4 rings (SSSR count). The van der Waals surface area contributed by atoms with Gasteiger partial charge in [-0.1, -0.05) is 54.1 Å². The summed E-state index contributed by atoms with van der Waals surface area (Å²) in [5.41, 5.74) is 1.74. The average molecular weight is 425 g/mol. The Morgan fingerprint density at radius 3 is 2.57 bits per heavy atom. The summed E-state index contributed by atoms with van der Waals surface area (Å²) in [6.07, 6.45) is 0. The lowest BCUT2D eigenvalue weighted by Crippen LogP contribution is -2.48. The number of carbonyl (C=O) groups is 1. The average Bonchev–Trinajstić information content (AvgIpc) is 2.77. The number of carbonyl (C=O) groups excluding carboxylic acids is 1. The Morgan fingerprint density at radius 1 is 1.07 bits per heavy atom. The molecule has 1 aliphatic rings. The summed E-state index contributed by atoms with van der Waals surface area (Å²) >= 11 is 6.09. The van der Waals surface area contributed by atoms with E-state index in [2.05, 4.69) is 47.4 Å². The molecule has 1 heterocycles. The van der Waals surface area contributed by atoms with E-state index < -0.39 is 0 Å². The highest BCUT2D eigenvalue weighted by atomic mass is 35.5. The molecule has 0 saturated carbocycles. The standard InChI is InChI=1S/C24H25ClN2O3/c1-2-30-22-15-19(14-21(25)23(22)28)24(29)27-12-10-26(11-13-27)16-18-8-5-7-17-6-3-4-9-20(17)18/h3-9,14-15,28H,2,10-13,16H2,1H3. The van der Waals surface area contributed by atoms with E-state index in [0.29, 0.717) is 25.3 Å². The van der Waals surface area contributed by atoms with Crippen LogP contribution < -0.4 is 4.74 Å². The number of piperazine rings is 1. The molecule has 1 saturated heterocycles. The molecule has 0 radical (unpaired) electrons. The third kappa shape index (κ3) is 4.23. The van der Waals surface area contributed by atoms with E-state index in [1.165, 1.54) is 22.4 Å². The lowest BCUT2D eigenvalue weighted by atomic mass is 10.0. The molecule has 156 valence electrons. The van der Waals surface area contributed by atoms with E-state index >= 15 is 0 Å². The molecular weight excluding hydrogens is 400 g/mol. The zero-order chi connectivity index (χ0) is 21.1. The van der Waals surface area contributed by atoms with Crippen molar-refractivity contribution in [2.75, 3.05) is 32.8 Å². The highest BCUT2D eigenvalue weighted by Gasteiger charge is 2.24. The van der Waals surface area contributed by atoms with Crippen LogP contribution in [0.2, 0.25) is 5.02 Å². The van der Waals surface area contributed by atoms with Crippen LogP contribution >= 0.6 is 11.6 Å². The SMILES string of the molecule is CCOc1cc(C(=O)N2CCN(Cc3cccc4ccccc34)CC2)cc(Cl)c1O. The Hall–Kier alpha value is -2.76. The molecule has 0 unspecified atom stereocenters. The second-order valence-corrected chi connectivity index (χ2v) is 7.85. The zero-order valence-corrected chi connectivity index (χ0v) is 17.7. The summed E-state index contributed by atoms with van der Waals surface area (Å²) in [7, 11) is 0. The molecule has 3 aromatic carbocycles. The van der Waals surface area contributed by atoms with Crippen LogP contribution in [0, 0.1) is 0 Å². The predicted molar refractivity (Wildman–Crippen MR) is 119 cm³/mol. The normalized spacial score (nSPS) is 14.8.